The number of benzene rings is 1. The van der Waals surface area contributed by atoms with Crippen molar-refractivity contribution in [2.24, 2.45) is 0 Å². The third-order valence-corrected chi connectivity index (χ3v) is 2.68. The van der Waals surface area contributed by atoms with Gasteiger partial charge >= 0.3 is 0 Å². The molecule has 1 amide bonds. The number of piperazine rings is 1. The second-order valence-corrected chi connectivity index (χ2v) is 3.77. The predicted molar refractivity (Wildman–Crippen MR) is 58.8 cm³/mol. The monoisotopic (exact) mass is 203 g/mol. The highest BCUT2D eigenvalue weighted by molar-refractivity contribution is 5.95. The molecule has 0 unspecified atom stereocenters. The lowest BCUT2D eigenvalue weighted by molar-refractivity contribution is 0.0735. The predicted octanol–water partition coefficient (Wildman–Crippen LogP) is 0.841. The van der Waals surface area contributed by atoms with Crippen LogP contribution in [0.25, 0.3) is 0 Å². The summed E-state index contributed by atoms with van der Waals surface area (Å²) in [6, 6.07) is 8.67. The summed E-state index contributed by atoms with van der Waals surface area (Å²) in [6.45, 7) is 5.31. The molecule has 0 saturated carbocycles. The molecule has 0 bridgehead atoms. The van der Waals surface area contributed by atoms with Gasteiger partial charge in [-0.1, -0.05) is 18.2 Å². The number of nitrogens with one attached hydrogen (secondary N) is 1. The van der Waals surface area contributed by atoms with Gasteiger partial charge in [0.1, 0.15) is 0 Å². The van der Waals surface area contributed by atoms with Crippen LogP contribution in [-0.2, 0) is 0 Å². The van der Waals surface area contributed by atoms with Crippen LogP contribution in [0, 0.1) is 13.0 Å². The van der Waals surface area contributed by atoms with E-state index in [4.69, 9.17) is 0 Å². The number of amides is 1. The molecule has 0 aliphatic carbocycles. The molecule has 1 aliphatic rings. The quantitative estimate of drug-likeness (QED) is 0.733. The molecule has 0 atom stereocenters. The molecule has 2 rings (SSSR count). The summed E-state index contributed by atoms with van der Waals surface area (Å²) in [7, 11) is 0. The summed E-state index contributed by atoms with van der Waals surface area (Å²) in [4.78, 5) is 14.0. The molecule has 1 fully saturated rings. The van der Waals surface area contributed by atoms with Crippen molar-refractivity contribution in [2.75, 3.05) is 26.2 Å². The molecule has 0 aromatic heterocycles. The first-order chi connectivity index (χ1) is 7.29. The average molecular weight is 203 g/mol. The Bertz CT molecular complexity index is 356. The Labute approximate surface area is 90.1 Å². The van der Waals surface area contributed by atoms with Gasteiger partial charge in [0.2, 0.25) is 0 Å². The van der Waals surface area contributed by atoms with E-state index in [0.717, 1.165) is 31.7 Å². The first-order valence-corrected chi connectivity index (χ1v) is 5.26. The highest BCUT2D eigenvalue weighted by atomic mass is 16.2. The molecule has 0 spiro atoms. The summed E-state index contributed by atoms with van der Waals surface area (Å²) < 4.78 is 0. The van der Waals surface area contributed by atoms with Crippen LogP contribution in [-0.4, -0.2) is 37.0 Å². The molecule has 1 aromatic carbocycles. The summed E-state index contributed by atoms with van der Waals surface area (Å²) in [6.07, 6.45) is 0. The lowest BCUT2D eigenvalue weighted by Gasteiger charge is -2.27. The number of carbonyl (C=O) groups excluding carboxylic acids is 1. The van der Waals surface area contributed by atoms with Gasteiger partial charge in [-0.3, -0.25) is 4.79 Å². The van der Waals surface area contributed by atoms with Gasteiger partial charge in [-0.15, -0.1) is 0 Å². The smallest absolute Gasteiger partial charge is 0.254 e. The first-order valence-electron chi connectivity index (χ1n) is 5.26. The van der Waals surface area contributed by atoms with E-state index in [1.165, 1.54) is 0 Å². The first kappa shape index (κ1) is 10.2. The fourth-order valence-corrected chi connectivity index (χ4v) is 1.78. The lowest BCUT2D eigenvalue weighted by atomic mass is 10.1. The number of aryl methyl sites for hydroxylation is 1. The van der Waals surface area contributed by atoms with E-state index in [-0.39, 0.29) is 5.91 Å². The van der Waals surface area contributed by atoms with Gasteiger partial charge in [0.25, 0.3) is 5.91 Å². The molecule has 1 aromatic rings. The molecular weight excluding hydrogens is 188 g/mol. The Kier molecular flexibility index (Phi) is 3.02. The minimum absolute atomic E-state index is 0.106. The fraction of sp³-hybridized carbons (Fsp3) is 0.417. The number of carbonyl (C=O) groups is 1. The maximum absolute atomic E-state index is 12.1. The molecule has 15 heavy (non-hydrogen) atoms. The van der Waals surface area contributed by atoms with Crippen LogP contribution in [0.5, 0.6) is 0 Å². The minimum Gasteiger partial charge on any atom is -0.336 e. The normalized spacial score (nSPS) is 16.5. The van der Waals surface area contributed by atoms with Crippen molar-refractivity contribution < 1.29 is 4.79 Å². The van der Waals surface area contributed by atoms with E-state index in [1.807, 2.05) is 24.0 Å². The van der Waals surface area contributed by atoms with Gasteiger partial charge in [0.05, 0.1) is 5.56 Å². The maximum Gasteiger partial charge on any atom is 0.254 e. The second-order valence-electron chi connectivity index (χ2n) is 3.77. The third-order valence-electron chi connectivity index (χ3n) is 2.68. The lowest BCUT2D eigenvalue weighted by Crippen LogP contribution is -2.46. The Morgan fingerprint density at radius 3 is 2.87 bits per heavy atom. The van der Waals surface area contributed by atoms with E-state index in [9.17, 15) is 4.79 Å². The Hall–Kier alpha value is -1.35. The number of hydrogen-bond acceptors (Lipinski definition) is 2. The zero-order valence-corrected chi connectivity index (χ0v) is 8.92. The summed E-state index contributed by atoms with van der Waals surface area (Å²) in [5.41, 5.74) is 1.71. The van der Waals surface area contributed by atoms with E-state index in [1.54, 1.807) is 6.07 Å². The zero-order chi connectivity index (χ0) is 10.7. The van der Waals surface area contributed by atoms with Crippen LogP contribution in [0.15, 0.2) is 18.2 Å². The van der Waals surface area contributed by atoms with Crippen LogP contribution >= 0.6 is 0 Å². The molecular formula is C12H15N2O. The van der Waals surface area contributed by atoms with Crippen molar-refractivity contribution in [3.63, 3.8) is 0 Å². The van der Waals surface area contributed by atoms with Gasteiger partial charge in [-0.25, -0.2) is 0 Å². The summed E-state index contributed by atoms with van der Waals surface area (Å²) in [5.74, 6) is 0.106. The number of rotatable bonds is 1. The van der Waals surface area contributed by atoms with Gasteiger partial charge in [0, 0.05) is 26.2 Å². The van der Waals surface area contributed by atoms with Crippen molar-refractivity contribution in [3.05, 3.63) is 35.4 Å². The van der Waals surface area contributed by atoms with E-state index >= 15 is 0 Å². The SMILES string of the molecule is Cc1ccc[c]c1C(=O)N1CCNCC1. The largest absolute Gasteiger partial charge is 0.336 e. The van der Waals surface area contributed by atoms with Crippen LogP contribution in [0.1, 0.15) is 15.9 Å². The topological polar surface area (TPSA) is 32.3 Å². The van der Waals surface area contributed by atoms with Crippen molar-refractivity contribution >= 4 is 5.91 Å². The van der Waals surface area contributed by atoms with Gasteiger partial charge in [-0.2, -0.15) is 0 Å². The van der Waals surface area contributed by atoms with E-state index < -0.39 is 0 Å². The summed E-state index contributed by atoms with van der Waals surface area (Å²) >= 11 is 0. The van der Waals surface area contributed by atoms with Crippen molar-refractivity contribution in [3.8, 4) is 0 Å². The fourth-order valence-electron chi connectivity index (χ4n) is 1.78. The zero-order valence-electron chi connectivity index (χ0n) is 8.92. The van der Waals surface area contributed by atoms with Crippen molar-refractivity contribution in [2.45, 2.75) is 6.92 Å². The number of nitrogens with zero attached hydrogens (tertiary/aromatic N) is 1. The standard InChI is InChI=1S/C12H15N2O/c1-10-4-2-3-5-11(10)12(15)14-8-6-13-7-9-14/h2-4,13H,6-9H2,1H3. The molecule has 1 radical (unpaired) electrons. The van der Waals surface area contributed by atoms with Gasteiger partial charge in [0.15, 0.2) is 0 Å². The van der Waals surface area contributed by atoms with E-state index in [2.05, 4.69) is 11.4 Å². The highest BCUT2D eigenvalue weighted by Crippen LogP contribution is 2.10. The van der Waals surface area contributed by atoms with Crippen LogP contribution < -0.4 is 5.32 Å². The Balaban J connectivity index is 2.16. The Morgan fingerprint density at radius 2 is 2.20 bits per heavy atom. The average Bonchev–Trinajstić information content (AvgIpc) is 2.30. The third kappa shape index (κ3) is 2.18. The van der Waals surface area contributed by atoms with Gasteiger partial charge in [-0.05, 0) is 18.6 Å². The molecule has 3 heteroatoms. The molecule has 1 saturated heterocycles. The van der Waals surface area contributed by atoms with Crippen molar-refractivity contribution in [1.82, 2.24) is 10.2 Å². The van der Waals surface area contributed by atoms with Crippen LogP contribution in [0.4, 0.5) is 0 Å². The summed E-state index contributed by atoms with van der Waals surface area (Å²) in [5, 5.41) is 3.23. The second kappa shape index (κ2) is 4.45. The number of hydrogen-bond donors (Lipinski definition) is 1. The molecule has 1 N–H and O–H groups in total. The highest BCUT2D eigenvalue weighted by Gasteiger charge is 2.18. The van der Waals surface area contributed by atoms with Crippen molar-refractivity contribution in [1.29, 1.82) is 0 Å². The molecule has 1 aliphatic heterocycles. The van der Waals surface area contributed by atoms with E-state index in [0.29, 0.717) is 5.56 Å². The van der Waals surface area contributed by atoms with Crippen LogP contribution in [0.3, 0.4) is 0 Å². The molecule has 3 nitrogen and oxygen atoms in total. The minimum atomic E-state index is 0.106. The Morgan fingerprint density at radius 1 is 1.47 bits per heavy atom. The maximum atomic E-state index is 12.1. The molecule has 1 heterocycles. The van der Waals surface area contributed by atoms with Crippen LogP contribution in [0.2, 0.25) is 0 Å². The van der Waals surface area contributed by atoms with Gasteiger partial charge < -0.3 is 10.2 Å². The molecule has 79 valence electrons.